The second kappa shape index (κ2) is 11.7. The van der Waals surface area contributed by atoms with E-state index in [1.54, 1.807) is 0 Å². The molecule has 2 aliphatic rings. The second-order valence-electron chi connectivity index (χ2n) is 7.62. The van der Waals surface area contributed by atoms with Gasteiger partial charge in [0.15, 0.2) is 5.96 Å². The number of nitrogens with zero attached hydrogens (tertiary/aromatic N) is 3. The largest absolute Gasteiger partial charge is 0.490 e. The number of rotatable bonds is 5. The number of nitrogens with one attached hydrogen (secondary N) is 1. The van der Waals surface area contributed by atoms with E-state index in [0.29, 0.717) is 6.10 Å². The molecule has 1 aromatic carbocycles. The summed E-state index contributed by atoms with van der Waals surface area (Å²) in [6.07, 6.45) is 5.06. The maximum absolute atomic E-state index is 6.09. The Kier molecular flexibility index (Phi) is 9.68. The van der Waals surface area contributed by atoms with Gasteiger partial charge < -0.3 is 19.9 Å². The van der Waals surface area contributed by atoms with Crippen LogP contribution in [0.4, 0.5) is 0 Å². The van der Waals surface area contributed by atoms with Crippen molar-refractivity contribution in [3.05, 3.63) is 30.3 Å². The van der Waals surface area contributed by atoms with Gasteiger partial charge in [-0.1, -0.05) is 25.1 Å². The van der Waals surface area contributed by atoms with Crippen LogP contribution in [-0.2, 0) is 0 Å². The first-order valence-electron chi connectivity index (χ1n) is 10.1. The molecule has 0 aromatic heterocycles. The van der Waals surface area contributed by atoms with Crippen LogP contribution in [0.15, 0.2) is 35.3 Å². The van der Waals surface area contributed by atoms with Gasteiger partial charge in [-0.25, -0.2) is 0 Å². The van der Waals surface area contributed by atoms with Gasteiger partial charge in [0, 0.05) is 46.1 Å². The SMILES string of the molecule is CN=C(NCCN1CCC(C)CC1)N1CCC(Oc2ccccc2)CC1.I. The molecule has 3 rings (SSSR count). The van der Waals surface area contributed by atoms with Crippen LogP contribution in [0, 0.1) is 5.92 Å². The van der Waals surface area contributed by atoms with Gasteiger partial charge in [0.05, 0.1) is 0 Å². The number of hydrogen-bond acceptors (Lipinski definition) is 3. The fourth-order valence-electron chi connectivity index (χ4n) is 3.82. The quantitative estimate of drug-likeness (QED) is 0.393. The van der Waals surface area contributed by atoms with Crippen molar-refractivity contribution in [2.24, 2.45) is 10.9 Å². The summed E-state index contributed by atoms with van der Waals surface area (Å²) in [7, 11) is 1.89. The fraction of sp³-hybridized carbons (Fsp3) is 0.667. The number of para-hydroxylation sites is 1. The van der Waals surface area contributed by atoms with Gasteiger partial charge in [0.25, 0.3) is 0 Å². The van der Waals surface area contributed by atoms with E-state index < -0.39 is 0 Å². The van der Waals surface area contributed by atoms with E-state index in [9.17, 15) is 0 Å². The molecule has 0 radical (unpaired) electrons. The van der Waals surface area contributed by atoms with E-state index in [-0.39, 0.29) is 24.0 Å². The van der Waals surface area contributed by atoms with Crippen molar-refractivity contribution in [3.63, 3.8) is 0 Å². The number of aliphatic imine (C=N–C) groups is 1. The Hall–Kier alpha value is -1.02. The molecule has 0 spiro atoms. The number of piperidine rings is 2. The first-order valence-corrected chi connectivity index (χ1v) is 10.1. The molecule has 0 aliphatic carbocycles. The number of guanidine groups is 1. The number of halogens is 1. The zero-order valence-electron chi connectivity index (χ0n) is 16.8. The van der Waals surface area contributed by atoms with Crippen molar-refractivity contribution >= 4 is 29.9 Å². The number of benzene rings is 1. The van der Waals surface area contributed by atoms with Gasteiger partial charge in [-0.3, -0.25) is 4.99 Å². The summed E-state index contributed by atoms with van der Waals surface area (Å²) in [6, 6.07) is 10.1. The molecule has 0 amide bonds. The van der Waals surface area contributed by atoms with Crippen LogP contribution in [0.2, 0.25) is 0 Å². The highest BCUT2D eigenvalue weighted by Crippen LogP contribution is 2.19. The smallest absolute Gasteiger partial charge is 0.193 e. The molecule has 6 heteroatoms. The first-order chi connectivity index (χ1) is 12.7. The van der Waals surface area contributed by atoms with Gasteiger partial charge in [-0.15, -0.1) is 24.0 Å². The Morgan fingerprint density at radius 1 is 1.07 bits per heavy atom. The van der Waals surface area contributed by atoms with Crippen molar-refractivity contribution in [2.75, 3.05) is 46.3 Å². The van der Waals surface area contributed by atoms with Gasteiger partial charge >= 0.3 is 0 Å². The summed E-state index contributed by atoms with van der Waals surface area (Å²) < 4.78 is 6.09. The predicted molar refractivity (Wildman–Crippen MR) is 123 cm³/mol. The van der Waals surface area contributed by atoms with Crippen LogP contribution in [0.5, 0.6) is 5.75 Å². The minimum absolute atomic E-state index is 0. The summed E-state index contributed by atoms with van der Waals surface area (Å²) in [5.74, 6) is 2.91. The van der Waals surface area contributed by atoms with Crippen LogP contribution in [0.3, 0.4) is 0 Å². The number of hydrogen-bond donors (Lipinski definition) is 1. The van der Waals surface area contributed by atoms with Crippen molar-refractivity contribution in [1.82, 2.24) is 15.1 Å². The minimum atomic E-state index is 0. The zero-order chi connectivity index (χ0) is 18.2. The molecule has 0 unspecified atom stereocenters. The Morgan fingerprint density at radius 3 is 2.37 bits per heavy atom. The third kappa shape index (κ3) is 7.14. The molecule has 1 aromatic rings. The van der Waals surface area contributed by atoms with E-state index in [4.69, 9.17) is 4.74 Å². The first kappa shape index (κ1) is 22.3. The average molecular weight is 486 g/mol. The summed E-state index contributed by atoms with van der Waals surface area (Å²) in [5, 5.41) is 3.56. The van der Waals surface area contributed by atoms with Crippen LogP contribution < -0.4 is 10.1 Å². The zero-order valence-corrected chi connectivity index (χ0v) is 19.1. The van der Waals surface area contributed by atoms with Crippen molar-refractivity contribution in [1.29, 1.82) is 0 Å². The monoisotopic (exact) mass is 486 g/mol. The predicted octanol–water partition coefficient (Wildman–Crippen LogP) is 3.46. The van der Waals surface area contributed by atoms with E-state index >= 15 is 0 Å². The molecule has 27 heavy (non-hydrogen) atoms. The van der Waals surface area contributed by atoms with Gasteiger partial charge in [0.2, 0.25) is 0 Å². The third-order valence-corrected chi connectivity index (χ3v) is 5.59. The van der Waals surface area contributed by atoms with E-state index in [1.165, 1.54) is 25.9 Å². The molecule has 152 valence electrons. The third-order valence-electron chi connectivity index (χ3n) is 5.59. The maximum Gasteiger partial charge on any atom is 0.193 e. The lowest BCUT2D eigenvalue weighted by Gasteiger charge is -2.35. The lowest BCUT2D eigenvalue weighted by molar-refractivity contribution is 0.129. The summed E-state index contributed by atoms with van der Waals surface area (Å²) in [6.45, 7) is 8.92. The Balaban J connectivity index is 0.00000261. The number of likely N-dealkylation sites (tertiary alicyclic amines) is 2. The van der Waals surface area contributed by atoms with Crippen LogP contribution in [0.25, 0.3) is 0 Å². The normalized spacial score (nSPS) is 20.2. The molecule has 0 bridgehead atoms. The fourth-order valence-corrected chi connectivity index (χ4v) is 3.82. The average Bonchev–Trinajstić information content (AvgIpc) is 2.68. The summed E-state index contributed by atoms with van der Waals surface area (Å²) >= 11 is 0. The van der Waals surface area contributed by atoms with Crippen LogP contribution >= 0.6 is 24.0 Å². The standard InChI is InChI=1S/C21H34N4O.HI/c1-18-8-13-24(14-9-18)17-12-23-21(22-2)25-15-10-20(11-16-25)26-19-6-4-3-5-7-19;/h3-7,18,20H,8-17H2,1-2H3,(H,22,23);1H. The van der Waals surface area contributed by atoms with Crippen LogP contribution in [-0.4, -0.2) is 68.2 Å². The molecule has 1 N–H and O–H groups in total. The molecular weight excluding hydrogens is 451 g/mol. The van der Waals surface area contributed by atoms with Crippen molar-refractivity contribution in [3.8, 4) is 5.75 Å². The molecule has 2 fully saturated rings. The molecule has 2 aliphatic heterocycles. The summed E-state index contributed by atoms with van der Waals surface area (Å²) in [5.41, 5.74) is 0. The molecule has 2 saturated heterocycles. The molecule has 0 atom stereocenters. The highest BCUT2D eigenvalue weighted by atomic mass is 127. The highest BCUT2D eigenvalue weighted by molar-refractivity contribution is 14.0. The van der Waals surface area contributed by atoms with E-state index in [1.807, 2.05) is 37.4 Å². The second-order valence-corrected chi connectivity index (χ2v) is 7.62. The Bertz CT molecular complexity index is 553. The van der Waals surface area contributed by atoms with Gasteiger partial charge in [-0.2, -0.15) is 0 Å². The van der Waals surface area contributed by atoms with Crippen LogP contribution in [0.1, 0.15) is 32.6 Å². The Labute approximate surface area is 181 Å². The van der Waals surface area contributed by atoms with Gasteiger partial charge in [0.1, 0.15) is 11.9 Å². The lowest BCUT2D eigenvalue weighted by atomic mass is 9.99. The topological polar surface area (TPSA) is 40.1 Å². The maximum atomic E-state index is 6.09. The highest BCUT2D eigenvalue weighted by Gasteiger charge is 2.23. The van der Waals surface area contributed by atoms with Crippen molar-refractivity contribution < 1.29 is 4.74 Å². The van der Waals surface area contributed by atoms with E-state index in [0.717, 1.165) is 56.6 Å². The Morgan fingerprint density at radius 2 is 1.74 bits per heavy atom. The molecule has 5 nitrogen and oxygen atoms in total. The molecule has 0 saturated carbocycles. The van der Waals surface area contributed by atoms with Gasteiger partial charge in [-0.05, 0) is 44.0 Å². The molecule has 2 heterocycles. The lowest BCUT2D eigenvalue weighted by Crippen LogP contribution is -2.49. The van der Waals surface area contributed by atoms with E-state index in [2.05, 4.69) is 27.0 Å². The summed E-state index contributed by atoms with van der Waals surface area (Å²) in [4.78, 5) is 9.42. The van der Waals surface area contributed by atoms with Crippen molar-refractivity contribution in [2.45, 2.75) is 38.7 Å². The number of ether oxygens (including phenoxy) is 1. The molecular formula is C21H35IN4O. The minimum Gasteiger partial charge on any atom is -0.490 e.